The molecule has 0 saturated carbocycles. The van der Waals surface area contributed by atoms with Crippen LogP contribution in [0.2, 0.25) is 0 Å². The van der Waals surface area contributed by atoms with Crippen molar-refractivity contribution in [2.75, 3.05) is 0 Å². The Bertz CT molecular complexity index is 922. The second-order valence-electron chi connectivity index (χ2n) is 10.6. The molecule has 0 aliphatic rings. The van der Waals surface area contributed by atoms with E-state index >= 15 is 0 Å². The summed E-state index contributed by atoms with van der Waals surface area (Å²) in [5.74, 6) is 2.04. The van der Waals surface area contributed by atoms with Crippen molar-refractivity contribution in [2.45, 2.75) is 106 Å². The predicted molar refractivity (Wildman–Crippen MR) is 147 cm³/mol. The average Bonchev–Trinajstić information content (AvgIpc) is 2.75. The van der Waals surface area contributed by atoms with Crippen LogP contribution in [0.1, 0.15) is 126 Å². The van der Waals surface area contributed by atoms with E-state index in [0.29, 0.717) is 23.7 Å². The molecular weight excluding hydrogens is 400 g/mol. The number of aliphatic imine (C=N–C) groups is 1. The first-order valence-corrected chi connectivity index (χ1v) is 12.7. The fourth-order valence-corrected chi connectivity index (χ4v) is 4.64. The van der Waals surface area contributed by atoms with Gasteiger partial charge in [0.25, 0.3) is 0 Å². The van der Waals surface area contributed by atoms with E-state index in [9.17, 15) is 0 Å². The summed E-state index contributed by atoms with van der Waals surface area (Å²) in [6.07, 6.45) is 2.18. The fraction of sp³-hybridized carbons (Fsp3) is 0.516. The van der Waals surface area contributed by atoms with E-state index in [-0.39, 0.29) is 0 Å². The van der Waals surface area contributed by atoms with Crippen molar-refractivity contribution >= 4 is 5.71 Å². The Morgan fingerprint density at radius 3 is 1.48 bits per heavy atom. The predicted octanol–water partition coefficient (Wildman–Crippen LogP) is 8.83. The van der Waals surface area contributed by atoms with Gasteiger partial charge in [0.2, 0.25) is 0 Å². The van der Waals surface area contributed by atoms with Gasteiger partial charge in [0.15, 0.2) is 0 Å². The molecule has 33 heavy (non-hydrogen) atoms. The van der Waals surface area contributed by atoms with E-state index in [2.05, 4.69) is 117 Å². The van der Waals surface area contributed by atoms with Crippen LogP contribution in [0.3, 0.4) is 0 Å². The summed E-state index contributed by atoms with van der Waals surface area (Å²) < 4.78 is 0. The maximum Gasteiger partial charge on any atom is 0.0648 e. The Morgan fingerprint density at radius 2 is 1.09 bits per heavy atom. The van der Waals surface area contributed by atoms with Crippen LogP contribution in [-0.2, 0) is 13.1 Å². The molecule has 0 saturated heterocycles. The lowest BCUT2D eigenvalue weighted by Gasteiger charge is -2.20. The van der Waals surface area contributed by atoms with E-state index in [4.69, 9.17) is 4.99 Å². The Labute approximate surface area is 203 Å². The highest BCUT2D eigenvalue weighted by Gasteiger charge is 2.14. The molecule has 0 atom stereocenters. The topological polar surface area (TPSA) is 24.4 Å². The van der Waals surface area contributed by atoms with Gasteiger partial charge in [-0.3, -0.25) is 4.99 Å². The lowest BCUT2D eigenvalue weighted by atomic mass is 9.88. The van der Waals surface area contributed by atoms with Crippen molar-refractivity contribution in [3.8, 4) is 0 Å². The lowest BCUT2D eigenvalue weighted by Crippen LogP contribution is -2.16. The zero-order valence-electron chi connectivity index (χ0n) is 22.7. The van der Waals surface area contributed by atoms with Crippen molar-refractivity contribution < 1.29 is 0 Å². The number of rotatable bonds is 10. The highest BCUT2D eigenvalue weighted by atomic mass is 14.9. The third-order valence-corrected chi connectivity index (χ3v) is 6.44. The van der Waals surface area contributed by atoms with Crippen LogP contribution >= 0.6 is 0 Å². The monoisotopic (exact) mass is 446 g/mol. The van der Waals surface area contributed by atoms with Crippen LogP contribution in [0.15, 0.2) is 53.2 Å². The average molecular weight is 447 g/mol. The van der Waals surface area contributed by atoms with Crippen molar-refractivity contribution in [2.24, 2.45) is 4.99 Å². The summed E-state index contributed by atoms with van der Waals surface area (Å²) in [4.78, 5) is 4.97. The summed E-state index contributed by atoms with van der Waals surface area (Å²) in [5, 5.41) is 3.66. The first-order chi connectivity index (χ1) is 15.5. The standard InChI is InChI=1S/C31H46N2/c1-20(2)26-13-11-14-27(21(3)4)30(26)18-32-24(9)17-25(10)33-19-31-28(22(5)6)15-12-16-29(31)23(7)8/h11-17,20-23,32H,18-19H2,1-10H3/b24-17-,33-25+. The van der Waals surface area contributed by atoms with Gasteiger partial charge in [0.05, 0.1) is 6.54 Å². The number of allylic oxidation sites excluding steroid dienone is 2. The van der Waals surface area contributed by atoms with E-state index in [0.717, 1.165) is 24.5 Å². The number of benzene rings is 2. The van der Waals surface area contributed by atoms with Crippen LogP contribution in [0, 0.1) is 0 Å². The van der Waals surface area contributed by atoms with Crippen LogP contribution in [0.4, 0.5) is 0 Å². The number of nitrogens with zero attached hydrogens (tertiary/aromatic N) is 1. The van der Waals surface area contributed by atoms with Crippen LogP contribution in [-0.4, -0.2) is 5.71 Å². The normalized spacial score (nSPS) is 13.0. The minimum atomic E-state index is 0.504. The molecular formula is C31H46N2. The molecule has 0 aliphatic heterocycles. The first kappa shape index (κ1) is 26.9. The van der Waals surface area contributed by atoms with Gasteiger partial charge in [-0.25, -0.2) is 0 Å². The lowest BCUT2D eigenvalue weighted by molar-refractivity contribution is 0.742. The van der Waals surface area contributed by atoms with Crippen molar-refractivity contribution in [3.63, 3.8) is 0 Å². The minimum Gasteiger partial charge on any atom is -0.384 e. The molecule has 2 rings (SSSR count). The zero-order chi connectivity index (χ0) is 24.7. The summed E-state index contributed by atoms with van der Waals surface area (Å²) in [6.45, 7) is 24.1. The number of hydrogen-bond donors (Lipinski definition) is 1. The van der Waals surface area contributed by atoms with Gasteiger partial charge in [-0.15, -0.1) is 0 Å². The molecule has 2 nitrogen and oxygen atoms in total. The zero-order valence-corrected chi connectivity index (χ0v) is 22.7. The van der Waals surface area contributed by atoms with E-state index in [1.165, 1.54) is 33.4 Å². The molecule has 0 fully saturated rings. The van der Waals surface area contributed by atoms with Gasteiger partial charge in [-0.1, -0.05) is 91.8 Å². The molecule has 0 aliphatic carbocycles. The van der Waals surface area contributed by atoms with Crippen molar-refractivity contribution in [1.29, 1.82) is 0 Å². The minimum absolute atomic E-state index is 0.504. The molecule has 2 aromatic rings. The molecule has 0 amide bonds. The van der Waals surface area contributed by atoms with Crippen molar-refractivity contribution in [1.82, 2.24) is 5.32 Å². The van der Waals surface area contributed by atoms with Gasteiger partial charge < -0.3 is 5.32 Å². The Hall–Kier alpha value is -2.35. The summed E-state index contributed by atoms with van der Waals surface area (Å²) in [5.41, 5.74) is 10.8. The third-order valence-electron chi connectivity index (χ3n) is 6.44. The van der Waals surface area contributed by atoms with Crippen LogP contribution in [0.5, 0.6) is 0 Å². The van der Waals surface area contributed by atoms with E-state index in [1.54, 1.807) is 0 Å². The first-order valence-electron chi connectivity index (χ1n) is 12.7. The van der Waals surface area contributed by atoms with Gasteiger partial charge in [-0.05, 0) is 77.0 Å². The maximum absolute atomic E-state index is 4.97. The molecule has 1 N–H and O–H groups in total. The molecule has 0 unspecified atom stereocenters. The second-order valence-corrected chi connectivity index (χ2v) is 10.6. The van der Waals surface area contributed by atoms with E-state index < -0.39 is 0 Å². The van der Waals surface area contributed by atoms with Crippen LogP contribution in [0.25, 0.3) is 0 Å². The highest BCUT2D eigenvalue weighted by Crippen LogP contribution is 2.29. The fourth-order valence-electron chi connectivity index (χ4n) is 4.64. The quantitative estimate of drug-likeness (QED) is 0.362. The summed E-state index contributed by atoms with van der Waals surface area (Å²) >= 11 is 0. The SMILES string of the molecule is C/C(=C/C(C)=N/Cc1c(C(C)C)cccc1C(C)C)NCc1c(C(C)C)cccc1C(C)C. The van der Waals surface area contributed by atoms with Gasteiger partial charge in [0.1, 0.15) is 0 Å². The summed E-state index contributed by atoms with van der Waals surface area (Å²) in [7, 11) is 0. The third kappa shape index (κ3) is 7.32. The molecule has 2 aromatic carbocycles. The van der Waals surface area contributed by atoms with Crippen LogP contribution < -0.4 is 5.32 Å². The molecule has 0 bridgehead atoms. The highest BCUT2D eigenvalue weighted by molar-refractivity contribution is 5.93. The smallest absolute Gasteiger partial charge is 0.0648 e. The molecule has 2 heteroatoms. The number of hydrogen-bond acceptors (Lipinski definition) is 2. The largest absolute Gasteiger partial charge is 0.384 e. The molecule has 0 heterocycles. The Kier molecular flexibility index (Phi) is 9.95. The molecule has 0 spiro atoms. The Morgan fingerprint density at radius 1 is 0.697 bits per heavy atom. The number of nitrogens with one attached hydrogen (secondary N) is 1. The second kappa shape index (κ2) is 12.2. The molecule has 180 valence electrons. The van der Waals surface area contributed by atoms with Gasteiger partial charge in [-0.2, -0.15) is 0 Å². The van der Waals surface area contributed by atoms with Gasteiger partial charge >= 0.3 is 0 Å². The Balaban J connectivity index is 2.21. The van der Waals surface area contributed by atoms with Crippen molar-refractivity contribution in [3.05, 3.63) is 81.6 Å². The molecule has 0 aromatic heterocycles. The molecule has 0 radical (unpaired) electrons. The summed E-state index contributed by atoms with van der Waals surface area (Å²) in [6, 6.07) is 13.5. The van der Waals surface area contributed by atoms with Gasteiger partial charge in [0, 0.05) is 18.0 Å². The van der Waals surface area contributed by atoms with E-state index in [1.807, 2.05) is 0 Å². The maximum atomic E-state index is 4.97.